The number of hydrogen-bond acceptors (Lipinski definition) is 6. The van der Waals surface area contributed by atoms with Crippen molar-refractivity contribution in [3.8, 4) is 0 Å². The zero-order chi connectivity index (χ0) is 19.5. The molecule has 1 amide bonds. The summed E-state index contributed by atoms with van der Waals surface area (Å²) in [5.74, 6) is 0.220. The molecule has 0 N–H and O–H groups in total. The van der Waals surface area contributed by atoms with Crippen LogP contribution in [-0.4, -0.2) is 48.6 Å². The van der Waals surface area contributed by atoms with E-state index in [4.69, 9.17) is 9.72 Å². The first kappa shape index (κ1) is 18.0. The zero-order valence-corrected chi connectivity index (χ0v) is 17.4. The fourth-order valence-electron chi connectivity index (χ4n) is 4.45. The minimum absolute atomic E-state index is 0.0591. The SMILES string of the molecule is CC[C@H]1CCCCN1C(=O)c1nc2c3c4c(sc3ncn2n1)COC(C)(C)C4. The largest absolute Gasteiger partial charge is 0.370 e. The summed E-state index contributed by atoms with van der Waals surface area (Å²) in [5.41, 5.74) is 1.76. The first-order chi connectivity index (χ1) is 13.5. The van der Waals surface area contributed by atoms with Gasteiger partial charge in [0.25, 0.3) is 5.91 Å². The van der Waals surface area contributed by atoms with Gasteiger partial charge in [-0.3, -0.25) is 4.79 Å². The summed E-state index contributed by atoms with van der Waals surface area (Å²) < 4.78 is 7.62. The van der Waals surface area contributed by atoms with Gasteiger partial charge in [0.1, 0.15) is 11.2 Å². The molecule has 5 rings (SSSR count). The van der Waals surface area contributed by atoms with Crippen molar-refractivity contribution in [2.24, 2.45) is 0 Å². The molecule has 3 aromatic heterocycles. The van der Waals surface area contributed by atoms with Crippen molar-refractivity contribution in [1.82, 2.24) is 24.5 Å². The van der Waals surface area contributed by atoms with Crippen LogP contribution in [0.5, 0.6) is 0 Å². The first-order valence-corrected chi connectivity index (χ1v) is 10.9. The van der Waals surface area contributed by atoms with E-state index in [0.29, 0.717) is 6.61 Å². The van der Waals surface area contributed by atoms with Gasteiger partial charge in [0.2, 0.25) is 5.82 Å². The number of carbonyl (C=O) groups excluding carboxylic acids is 1. The maximum Gasteiger partial charge on any atom is 0.293 e. The van der Waals surface area contributed by atoms with Gasteiger partial charge in [-0.05, 0) is 45.1 Å². The summed E-state index contributed by atoms with van der Waals surface area (Å²) in [5, 5.41) is 5.52. The number of likely N-dealkylation sites (tertiary alicyclic amines) is 1. The van der Waals surface area contributed by atoms with E-state index in [-0.39, 0.29) is 23.4 Å². The number of carbonyl (C=O) groups is 1. The average Bonchev–Trinajstić information content (AvgIpc) is 3.27. The first-order valence-electron chi connectivity index (χ1n) is 10.1. The smallest absolute Gasteiger partial charge is 0.293 e. The number of nitrogens with zero attached hydrogens (tertiary/aromatic N) is 5. The highest BCUT2D eigenvalue weighted by Gasteiger charge is 2.32. The summed E-state index contributed by atoms with van der Waals surface area (Å²) in [4.78, 5) is 26.5. The molecule has 1 fully saturated rings. The molecule has 7 nitrogen and oxygen atoms in total. The molecule has 28 heavy (non-hydrogen) atoms. The van der Waals surface area contributed by atoms with Crippen LogP contribution in [-0.2, 0) is 17.8 Å². The topological polar surface area (TPSA) is 72.6 Å². The van der Waals surface area contributed by atoms with Crippen molar-refractivity contribution in [2.75, 3.05) is 6.54 Å². The van der Waals surface area contributed by atoms with Gasteiger partial charge in [0, 0.05) is 23.9 Å². The lowest BCUT2D eigenvalue weighted by Gasteiger charge is -2.34. The number of ether oxygens (including phenoxy) is 1. The van der Waals surface area contributed by atoms with E-state index in [1.165, 1.54) is 16.9 Å². The fourth-order valence-corrected chi connectivity index (χ4v) is 5.52. The minimum Gasteiger partial charge on any atom is -0.370 e. The van der Waals surface area contributed by atoms with Crippen LogP contribution in [0.2, 0.25) is 0 Å². The summed E-state index contributed by atoms with van der Waals surface area (Å²) in [7, 11) is 0. The predicted molar refractivity (Wildman–Crippen MR) is 108 cm³/mol. The highest BCUT2D eigenvalue weighted by molar-refractivity contribution is 7.19. The standard InChI is InChI=1S/C20H25N5O2S/c1-4-12-7-5-6-8-24(12)19(26)16-22-17-15-13-9-20(2,3)27-10-14(13)28-18(15)21-11-25(17)23-16/h11-12H,4-10H2,1-3H3/t12-/m0/s1. The number of amides is 1. The molecule has 0 bridgehead atoms. The molecular formula is C20H25N5O2S. The monoisotopic (exact) mass is 399 g/mol. The van der Waals surface area contributed by atoms with E-state index in [1.807, 2.05) is 4.90 Å². The quantitative estimate of drug-likeness (QED) is 0.658. The zero-order valence-electron chi connectivity index (χ0n) is 16.6. The molecule has 5 heterocycles. The lowest BCUT2D eigenvalue weighted by Crippen LogP contribution is -2.43. The summed E-state index contributed by atoms with van der Waals surface area (Å²) in [6, 6.07) is 0.290. The van der Waals surface area contributed by atoms with Crippen LogP contribution in [0, 0.1) is 0 Å². The second kappa shape index (κ2) is 6.49. The van der Waals surface area contributed by atoms with Crippen LogP contribution in [0.3, 0.4) is 0 Å². The lowest BCUT2D eigenvalue weighted by atomic mass is 9.94. The second-order valence-electron chi connectivity index (χ2n) is 8.41. The van der Waals surface area contributed by atoms with Crippen LogP contribution < -0.4 is 0 Å². The maximum absolute atomic E-state index is 13.2. The molecular weight excluding hydrogens is 374 g/mol. The Labute approximate surface area is 167 Å². The molecule has 8 heteroatoms. The maximum atomic E-state index is 13.2. The molecule has 1 saturated heterocycles. The van der Waals surface area contributed by atoms with Gasteiger partial charge in [0.15, 0.2) is 5.65 Å². The van der Waals surface area contributed by atoms with Crippen molar-refractivity contribution in [3.05, 3.63) is 22.6 Å². The van der Waals surface area contributed by atoms with Crippen LogP contribution in [0.1, 0.15) is 67.5 Å². The van der Waals surface area contributed by atoms with E-state index in [2.05, 4.69) is 30.9 Å². The Morgan fingerprint density at radius 2 is 2.25 bits per heavy atom. The van der Waals surface area contributed by atoms with Gasteiger partial charge in [-0.25, -0.2) is 14.5 Å². The molecule has 2 aliphatic rings. The van der Waals surface area contributed by atoms with Crippen LogP contribution in [0.4, 0.5) is 0 Å². The Balaban J connectivity index is 1.60. The third kappa shape index (κ3) is 2.81. The van der Waals surface area contributed by atoms with Crippen LogP contribution in [0.25, 0.3) is 15.9 Å². The number of rotatable bonds is 2. The molecule has 0 aliphatic carbocycles. The van der Waals surface area contributed by atoms with Crippen molar-refractivity contribution in [1.29, 1.82) is 0 Å². The Kier molecular flexibility index (Phi) is 4.17. The van der Waals surface area contributed by atoms with Crippen molar-refractivity contribution in [3.63, 3.8) is 0 Å². The Morgan fingerprint density at radius 1 is 1.39 bits per heavy atom. The number of piperidine rings is 1. The van der Waals surface area contributed by atoms with Gasteiger partial charge in [-0.15, -0.1) is 16.4 Å². The van der Waals surface area contributed by atoms with E-state index >= 15 is 0 Å². The number of hydrogen-bond donors (Lipinski definition) is 0. The average molecular weight is 400 g/mol. The van der Waals surface area contributed by atoms with Gasteiger partial charge < -0.3 is 9.64 Å². The van der Waals surface area contributed by atoms with Crippen molar-refractivity contribution < 1.29 is 9.53 Å². The number of fused-ring (bicyclic) bond motifs is 5. The number of thiophene rings is 1. The fraction of sp³-hybridized carbons (Fsp3) is 0.600. The van der Waals surface area contributed by atoms with Crippen molar-refractivity contribution >= 4 is 33.1 Å². The summed E-state index contributed by atoms with van der Waals surface area (Å²) in [6.45, 7) is 7.74. The molecule has 0 spiro atoms. The molecule has 0 aromatic carbocycles. The van der Waals surface area contributed by atoms with E-state index in [1.54, 1.807) is 22.2 Å². The molecule has 3 aromatic rings. The Bertz CT molecular complexity index is 1070. The molecule has 0 unspecified atom stereocenters. The van der Waals surface area contributed by atoms with Gasteiger partial charge in [0.05, 0.1) is 17.6 Å². The normalized spacial score (nSPS) is 22.0. The lowest BCUT2D eigenvalue weighted by molar-refractivity contribution is -0.0379. The van der Waals surface area contributed by atoms with Gasteiger partial charge in [-0.1, -0.05) is 6.92 Å². The van der Waals surface area contributed by atoms with Crippen LogP contribution in [0.15, 0.2) is 6.33 Å². The highest BCUT2D eigenvalue weighted by atomic mass is 32.1. The molecule has 148 valence electrons. The van der Waals surface area contributed by atoms with Gasteiger partial charge in [-0.2, -0.15) is 0 Å². The predicted octanol–water partition coefficient (Wildman–Crippen LogP) is 3.60. The van der Waals surface area contributed by atoms with Crippen LogP contribution >= 0.6 is 11.3 Å². The van der Waals surface area contributed by atoms with E-state index in [0.717, 1.165) is 48.1 Å². The molecule has 2 aliphatic heterocycles. The van der Waals surface area contributed by atoms with Crippen molar-refractivity contribution in [2.45, 2.75) is 71.1 Å². The Hall–Kier alpha value is -2.06. The second-order valence-corrected chi connectivity index (χ2v) is 9.50. The number of aromatic nitrogens is 4. The molecule has 1 atom stereocenters. The highest BCUT2D eigenvalue weighted by Crippen LogP contribution is 2.39. The Morgan fingerprint density at radius 3 is 3.07 bits per heavy atom. The summed E-state index contributed by atoms with van der Waals surface area (Å²) in [6.07, 6.45) is 6.75. The van der Waals surface area contributed by atoms with Gasteiger partial charge >= 0.3 is 0 Å². The van der Waals surface area contributed by atoms with E-state index in [9.17, 15) is 4.79 Å². The molecule has 0 saturated carbocycles. The third-order valence-electron chi connectivity index (χ3n) is 5.96. The summed E-state index contributed by atoms with van der Waals surface area (Å²) >= 11 is 1.65. The third-order valence-corrected chi connectivity index (χ3v) is 7.07. The minimum atomic E-state index is -0.214. The molecule has 0 radical (unpaired) electrons. The van der Waals surface area contributed by atoms with E-state index < -0.39 is 0 Å².